The zero-order valence-corrected chi connectivity index (χ0v) is 14.1. The summed E-state index contributed by atoms with van der Waals surface area (Å²) >= 11 is 0. The predicted octanol–water partition coefficient (Wildman–Crippen LogP) is 2.84. The number of rotatable bonds is 8. The van der Waals surface area contributed by atoms with Gasteiger partial charge in [-0.15, -0.1) is 0 Å². The molecule has 2 unspecified atom stereocenters. The van der Waals surface area contributed by atoms with Gasteiger partial charge in [0.2, 0.25) is 0 Å². The number of likely N-dealkylation sites (N-methyl/N-ethyl adjacent to an activating group) is 1. The molecule has 0 spiro atoms. The number of hydrogen-bond acceptors (Lipinski definition) is 3. The van der Waals surface area contributed by atoms with Crippen LogP contribution in [0.5, 0.6) is 0 Å². The van der Waals surface area contributed by atoms with Gasteiger partial charge in [0, 0.05) is 30.2 Å². The molecule has 0 saturated heterocycles. The molecule has 4 heteroatoms. The Morgan fingerprint density at radius 2 is 1.90 bits per heavy atom. The molecule has 0 aliphatic heterocycles. The first-order valence-electron chi connectivity index (χ1n) is 7.91. The molecule has 1 heterocycles. The minimum atomic E-state index is -0.0103. The molecule has 116 valence electrons. The smallest absolute Gasteiger partial charge is 0.0640 e. The summed E-state index contributed by atoms with van der Waals surface area (Å²) in [5.41, 5.74) is 7.55. The van der Waals surface area contributed by atoms with Crippen molar-refractivity contribution in [3.05, 3.63) is 18.0 Å². The van der Waals surface area contributed by atoms with Gasteiger partial charge in [0.25, 0.3) is 0 Å². The van der Waals surface area contributed by atoms with Crippen LogP contribution in [-0.4, -0.2) is 39.4 Å². The Bertz CT molecular complexity index is 393. The number of nitrogens with zero attached hydrogens (tertiary/aromatic N) is 3. The lowest BCUT2D eigenvalue weighted by molar-refractivity contribution is 0.106. The Balaban J connectivity index is 2.74. The van der Waals surface area contributed by atoms with Gasteiger partial charge in [-0.3, -0.25) is 9.58 Å². The van der Waals surface area contributed by atoms with E-state index in [0.717, 1.165) is 31.6 Å². The summed E-state index contributed by atoms with van der Waals surface area (Å²) in [4.78, 5) is 2.42. The van der Waals surface area contributed by atoms with Gasteiger partial charge < -0.3 is 5.73 Å². The topological polar surface area (TPSA) is 47.1 Å². The van der Waals surface area contributed by atoms with E-state index in [-0.39, 0.29) is 11.6 Å². The predicted molar refractivity (Wildman–Crippen MR) is 85.9 cm³/mol. The number of nitrogens with two attached hydrogens (primary N) is 1. The standard InChI is InChI=1S/C16H32N4/c1-7-13(4)20-11-10-14(18-20)12-15(17)16(5,6)19(8-2)9-3/h10-11,13,15H,7-9,12,17H2,1-6H3. The van der Waals surface area contributed by atoms with Gasteiger partial charge in [0.05, 0.1) is 5.69 Å². The lowest BCUT2D eigenvalue weighted by Crippen LogP contribution is -2.56. The van der Waals surface area contributed by atoms with E-state index in [1.54, 1.807) is 0 Å². The third kappa shape index (κ3) is 3.83. The molecule has 0 bridgehead atoms. The summed E-state index contributed by atoms with van der Waals surface area (Å²) in [5, 5.41) is 4.66. The largest absolute Gasteiger partial charge is 0.326 e. The third-order valence-corrected chi connectivity index (χ3v) is 4.62. The lowest BCUT2D eigenvalue weighted by Gasteiger charge is -2.41. The van der Waals surface area contributed by atoms with Crippen molar-refractivity contribution in [3.8, 4) is 0 Å². The van der Waals surface area contributed by atoms with E-state index in [1.165, 1.54) is 0 Å². The van der Waals surface area contributed by atoms with E-state index in [1.807, 2.05) is 4.68 Å². The van der Waals surface area contributed by atoms with Crippen molar-refractivity contribution >= 4 is 0 Å². The quantitative estimate of drug-likeness (QED) is 0.796. The molecule has 4 nitrogen and oxygen atoms in total. The van der Waals surface area contributed by atoms with Crippen molar-refractivity contribution in [1.29, 1.82) is 0 Å². The summed E-state index contributed by atoms with van der Waals surface area (Å²) < 4.78 is 2.05. The van der Waals surface area contributed by atoms with Gasteiger partial charge in [0.1, 0.15) is 0 Å². The molecule has 20 heavy (non-hydrogen) atoms. The Kier molecular flexibility index (Phi) is 6.21. The average Bonchev–Trinajstić information content (AvgIpc) is 2.87. The highest BCUT2D eigenvalue weighted by molar-refractivity contribution is 5.06. The molecule has 0 aliphatic carbocycles. The molecular formula is C16H32N4. The minimum Gasteiger partial charge on any atom is -0.326 e. The minimum absolute atomic E-state index is 0.0103. The van der Waals surface area contributed by atoms with Gasteiger partial charge >= 0.3 is 0 Å². The molecule has 0 radical (unpaired) electrons. The average molecular weight is 280 g/mol. The molecule has 2 N–H and O–H groups in total. The van der Waals surface area contributed by atoms with Crippen LogP contribution in [0.4, 0.5) is 0 Å². The van der Waals surface area contributed by atoms with Crippen LogP contribution in [0.2, 0.25) is 0 Å². The van der Waals surface area contributed by atoms with E-state index >= 15 is 0 Å². The maximum absolute atomic E-state index is 6.46. The highest BCUT2D eigenvalue weighted by Gasteiger charge is 2.31. The van der Waals surface area contributed by atoms with Crippen molar-refractivity contribution in [3.63, 3.8) is 0 Å². The maximum atomic E-state index is 6.46. The normalized spacial score (nSPS) is 15.6. The van der Waals surface area contributed by atoms with Crippen LogP contribution in [-0.2, 0) is 6.42 Å². The van der Waals surface area contributed by atoms with E-state index in [2.05, 4.69) is 63.8 Å². The maximum Gasteiger partial charge on any atom is 0.0640 e. The lowest BCUT2D eigenvalue weighted by atomic mass is 9.89. The van der Waals surface area contributed by atoms with Crippen molar-refractivity contribution in [2.75, 3.05) is 13.1 Å². The van der Waals surface area contributed by atoms with Crippen LogP contribution < -0.4 is 5.73 Å². The van der Waals surface area contributed by atoms with Crippen LogP contribution in [0.25, 0.3) is 0 Å². The first-order chi connectivity index (χ1) is 9.36. The Morgan fingerprint density at radius 1 is 1.30 bits per heavy atom. The van der Waals surface area contributed by atoms with Crippen molar-refractivity contribution in [2.45, 2.75) is 72.0 Å². The summed E-state index contributed by atoms with van der Waals surface area (Å²) in [7, 11) is 0. The Morgan fingerprint density at radius 3 is 2.40 bits per heavy atom. The molecule has 0 aliphatic rings. The molecule has 0 fully saturated rings. The molecule has 0 amide bonds. The van der Waals surface area contributed by atoms with Gasteiger partial charge in [-0.25, -0.2) is 0 Å². The fraction of sp³-hybridized carbons (Fsp3) is 0.812. The van der Waals surface area contributed by atoms with Crippen LogP contribution in [0.1, 0.15) is 59.7 Å². The molecule has 1 aromatic rings. The zero-order chi connectivity index (χ0) is 15.3. The van der Waals surface area contributed by atoms with E-state index in [0.29, 0.717) is 6.04 Å². The SMILES string of the molecule is CCC(C)n1ccc(CC(N)C(C)(C)N(CC)CC)n1. The first kappa shape index (κ1) is 17.2. The van der Waals surface area contributed by atoms with Crippen molar-refractivity contribution in [1.82, 2.24) is 14.7 Å². The van der Waals surface area contributed by atoms with Gasteiger partial charge in [-0.05, 0) is 46.3 Å². The van der Waals surface area contributed by atoms with Crippen LogP contribution >= 0.6 is 0 Å². The van der Waals surface area contributed by atoms with Crippen LogP contribution in [0.15, 0.2) is 12.3 Å². The highest BCUT2D eigenvalue weighted by Crippen LogP contribution is 2.20. The molecular weight excluding hydrogens is 248 g/mol. The number of hydrogen-bond donors (Lipinski definition) is 1. The fourth-order valence-corrected chi connectivity index (χ4v) is 2.67. The molecule has 1 aromatic heterocycles. The highest BCUT2D eigenvalue weighted by atomic mass is 15.3. The summed E-state index contributed by atoms with van der Waals surface area (Å²) in [6.45, 7) is 15.3. The van der Waals surface area contributed by atoms with E-state index in [4.69, 9.17) is 5.73 Å². The molecule has 2 atom stereocenters. The van der Waals surface area contributed by atoms with E-state index in [9.17, 15) is 0 Å². The fourth-order valence-electron chi connectivity index (χ4n) is 2.67. The first-order valence-corrected chi connectivity index (χ1v) is 7.91. The summed E-state index contributed by atoms with van der Waals surface area (Å²) in [6, 6.07) is 2.64. The molecule has 1 rings (SSSR count). The van der Waals surface area contributed by atoms with Gasteiger partial charge in [0.15, 0.2) is 0 Å². The Labute approximate surface area is 124 Å². The Hall–Kier alpha value is -0.870. The monoisotopic (exact) mass is 280 g/mol. The van der Waals surface area contributed by atoms with Crippen molar-refractivity contribution < 1.29 is 0 Å². The third-order valence-electron chi connectivity index (χ3n) is 4.62. The van der Waals surface area contributed by atoms with E-state index < -0.39 is 0 Å². The van der Waals surface area contributed by atoms with Crippen molar-refractivity contribution in [2.24, 2.45) is 5.73 Å². The van der Waals surface area contributed by atoms with Crippen LogP contribution in [0.3, 0.4) is 0 Å². The molecule has 0 saturated carbocycles. The van der Waals surface area contributed by atoms with Gasteiger partial charge in [-0.1, -0.05) is 20.8 Å². The number of aromatic nitrogens is 2. The summed E-state index contributed by atoms with van der Waals surface area (Å²) in [6.07, 6.45) is 3.99. The van der Waals surface area contributed by atoms with Crippen LogP contribution in [0, 0.1) is 0 Å². The second kappa shape index (κ2) is 7.23. The summed E-state index contributed by atoms with van der Waals surface area (Å²) in [5.74, 6) is 0. The van der Waals surface area contributed by atoms with Gasteiger partial charge in [-0.2, -0.15) is 5.10 Å². The zero-order valence-electron chi connectivity index (χ0n) is 14.1. The molecule has 0 aromatic carbocycles. The second-order valence-electron chi connectivity index (χ2n) is 6.18. The second-order valence-corrected chi connectivity index (χ2v) is 6.18.